The Morgan fingerprint density at radius 1 is 1.22 bits per heavy atom. The van der Waals surface area contributed by atoms with Crippen LogP contribution in [0.2, 0.25) is 0 Å². The molecule has 2 unspecified atom stereocenters. The molecule has 7 nitrogen and oxygen atoms in total. The molecule has 124 valence electrons. The van der Waals surface area contributed by atoms with Crippen LogP contribution in [0.4, 0.5) is 5.69 Å². The lowest BCUT2D eigenvalue weighted by molar-refractivity contribution is -0.139. The predicted octanol–water partition coefficient (Wildman–Crippen LogP) is 0.655. The van der Waals surface area contributed by atoms with E-state index < -0.39 is 5.97 Å². The molecule has 0 saturated heterocycles. The fraction of sp³-hybridized carbons (Fsp3) is 0.438. The molecule has 4 N–H and O–H groups in total. The van der Waals surface area contributed by atoms with Crippen LogP contribution in [0.5, 0.6) is 0 Å². The largest absolute Gasteiger partial charge is 0.468 e. The molecule has 0 heterocycles. The maximum absolute atomic E-state index is 12.1. The van der Waals surface area contributed by atoms with Gasteiger partial charge >= 0.3 is 5.97 Å². The van der Waals surface area contributed by atoms with Gasteiger partial charge in [-0.25, -0.2) is 0 Å². The SMILES string of the molecule is COC(=O)CNC(=O)c1ccc(NC(=O)C2CCC(N)C2)cc1. The highest BCUT2D eigenvalue weighted by molar-refractivity contribution is 5.97. The van der Waals surface area contributed by atoms with Gasteiger partial charge in [0.25, 0.3) is 5.91 Å². The first kappa shape index (κ1) is 17.0. The number of anilines is 1. The third kappa shape index (κ3) is 4.79. The smallest absolute Gasteiger partial charge is 0.325 e. The molecule has 0 aromatic heterocycles. The Kier molecular flexibility index (Phi) is 5.70. The number of amides is 2. The minimum atomic E-state index is -0.517. The van der Waals surface area contributed by atoms with Crippen LogP contribution >= 0.6 is 0 Å². The van der Waals surface area contributed by atoms with E-state index in [-0.39, 0.29) is 30.3 Å². The van der Waals surface area contributed by atoms with Crippen LogP contribution in [0.15, 0.2) is 24.3 Å². The van der Waals surface area contributed by atoms with Gasteiger partial charge in [-0.1, -0.05) is 0 Å². The zero-order valence-electron chi connectivity index (χ0n) is 13.0. The van der Waals surface area contributed by atoms with Gasteiger partial charge < -0.3 is 21.1 Å². The lowest BCUT2D eigenvalue weighted by Crippen LogP contribution is -2.30. The summed E-state index contributed by atoms with van der Waals surface area (Å²) in [5.41, 5.74) is 6.83. The molecule has 0 spiro atoms. The van der Waals surface area contributed by atoms with E-state index in [9.17, 15) is 14.4 Å². The van der Waals surface area contributed by atoms with Crippen molar-refractivity contribution in [2.45, 2.75) is 25.3 Å². The normalized spacial score (nSPS) is 19.9. The second kappa shape index (κ2) is 7.73. The predicted molar refractivity (Wildman–Crippen MR) is 84.7 cm³/mol. The van der Waals surface area contributed by atoms with Crippen molar-refractivity contribution >= 4 is 23.5 Å². The molecule has 2 amide bonds. The minimum absolute atomic E-state index is 0.0409. The minimum Gasteiger partial charge on any atom is -0.468 e. The number of esters is 1. The van der Waals surface area contributed by atoms with Gasteiger partial charge in [0.2, 0.25) is 5.91 Å². The maximum atomic E-state index is 12.1. The number of ether oxygens (including phenoxy) is 1. The average molecular weight is 319 g/mol. The zero-order valence-corrected chi connectivity index (χ0v) is 13.0. The number of hydrogen-bond donors (Lipinski definition) is 3. The van der Waals surface area contributed by atoms with E-state index in [1.54, 1.807) is 24.3 Å². The lowest BCUT2D eigenvalue weighted by Gasteiger charge is -2.11. The summed E-state index contributed by atoms with van der Waals surface area (Å²) in [5, 5.41) is 5.27. The Hall–Kier alpha value is -2.41. The summed E-state index contributed by atoms with van der Waals surface area (Å²) in [6.45, 7) is -0.185. The van der Waals surface area contributed by atoms with E-state index in [0.717, 1.165) is 12.8 Å². The van der Waals surface area contributed by atoms with E-state index >= 15 is 0 Å². The van der Waals surface area contributed by atoms with E-state index in [4.69, 9.17) is 5.73 Å². The van der Waals surface area contributed by atoms with Crippen LogP contribution < -0.4 is 16.4 Å². The van der Waals surface area contributed by atoms with Crippen LogP contribution in [-0.4, -0.2) is 37.5 Å². The molecule has 0 bridgehead atoms. The number of carbonyl (C=O) groups excluding carboxylic acids is 3. The molecule has 1 aromatic rings. The molecule has 0 aliphatic heterocycles. The lowest BCUT2D eigenvalue weighted by atomic mass is 10.1. The summed E-state index contributed by atoms with van der Waals surface area (Å²) in [6, 6.07) is 6.58. The van der Waals surface area contributed by atoms with Crippen molar-refractivity contribution < 1.29 is 19.1 Å². The molecule has 2 rings (SSSR count). The number of hydrogen-bond acceptors (Lipinski definition) is 5. The monoisotopic (exact) mass is 319 g/mol. The van der Waals surface area contributed by atoms with Gasteiger partial charge in [-0.2, -0.15) is 0 Å². The van der Waals surface area contributed by atoms with Crippen molar-refractivity contribution in [1.82, 2.24) is 5.32 Å². The van der Waals surface area contributed by atoms with Gasteiger partial charge in [0.05, 0.1) is 7.11 Å². The summed E-state index contributed by atoms with van der Waals surface area (Å²) in [6.07, 6.45) is 2.39. The number of carbonyl (C=O) groups is 3. The molecule has 1 saturated carbocycles. The Labute approximate surface area is 134 Å². The Balaban J connectivity index is 1.87. The van der Waals surface area contributed by atoms with Crippen molar-refractivity contribution in [3.05, 3.63) is 29.8 Å². The summed E-state index contributed by atoms with van der Waals surface area (Å²) < 4.78 is 4.45. The average Bonchev–Trinajstić information content (AvgIpc) is 2.99. The van der Waals surface area contributed by atoms with Crippen molar-refractivity contribution in [3.8, 4) is 0 Å². The molecule has 1 fully saturated rings. The van der Waals surface area contributed by atoms with Gasteiger partial charge in [-0.05, 0) is 43.5 Å². The number of nitrogens with two attached hydrogens (primary N) is 1. The molecular weight excluding hydrogens is 298 g/mol. The summed E-state index contributed by atoms with van der Waals surface area (Å²) in [4.78, 5) is 34.9. The zero-order chi connectivity index (χ0) is 16.8. The van der Waals surface area contributed by atoms with Crippen LogP contribution in [-0.2, 0) is 14.3 Å². The van der Waals surface area contributed by atoms with Gasteiger partial charge in [-0.3, -0.25) is 14.4 Å². The molecule has 1 aromatic carbocycles. The van der Waals surface area contributed by atoms with Crippen LogP contribution in [0.25, 0.3) is 0 Å². The number of methoxy groups -OCH3 is 1. The van der Waals surface area contributed by atoms with E-state index in [1.807, 2.05) is 0 Å². The Bertz CT molecular complexity index is 585. The molecule has 1 aliphatic rings. The second-order valence-electron chi connectivity index (χ2n) is 5.60. The fourth-order valence-electron chi connectivity index (χ4n) is 2.53. The van der Waals surface area contributed by atoms with E-state index in [0.29, 0.717) is 17.7 Å². The first-order chi connectivity index (χ1) is 11.0. The molecular formula is C16H21N3O4. The Morgan fingerprint density at radius 3 is 2.48 bits per heavy atom. The highest BCUT2D eigenvalue weighted by Crippen LogP contribution is 2.25. The quantitative estimate of drug-likeness (QED) is 0.690. The topological polar surface area (TPSA) is 111 Å². The third-order valence-corrected chi connectivity index (χ3v) is 3.88. The molecule has 0 radical (unpaired) electrons. The summed E-state index contributed by atoms with van der Waals surface area (Å²) in [5.74, 6) is -0.985. The van der Waals surface area contributed by atoms with Crippen LogP contribution in [0.1, 0.15) is 29.6 Å². The molecule has 23 heavy (non-hydrogen) atoms. The van der Waals surface area contributed by atoms with Gasteiger partial charge in [0, 0.05) is 23.2 Å². The van der Waals surface area contributed by atoms with Crippen LogP contribution in [0, 0.1) is 5.92 Å². The number of benzene rings is 1. The van der Waals surface area contributed by atoms with Crippen molar-refractivity contribution in [3.63, 3.8) is 0 Å². The van der Waals surface area contributed by atoms with E-state index in [2.05, 4.69) is 15.4 Å². The maximum Gasteiger partial charge on any atom is 0.325 e. The first-order valence-corrected chi connectivity index (χ1v) is 7.51. The number of rotatable bonds is 5. The molecule has 2 atom stereocenters. The standard InChI is InChI=1S/C16H21N3O4/c1-23-14(20)9-18-15(21)10-3-6-13(7-4-10)19-16(22)11-2-5-12(17)8-11/h3-4,6-7,11-12H,2,5,8-9,17H2,1H3,(H,18,21)(H,19,22). The first-order valence-electron chi connectivity index (χ1n) is 7.51. The van der Waals surface area contributed by atoms with E-state index in [1.165, 1.54) is 7.11 Å². The van der Waals surface area contributed by atoms with Crippen molar-refractivity contribution in [2.75, 3.05) is 19.0 Å². The van der Waals surface area contributed by atoms with Gasteiger partial charge in [0.1, 0.15) is 6.54 Å². The fourth-order valence-corrected chi connectivity index (χ4v) is 2.53. The van der Waals surface area contributed by atoms with Gasteiger partial charge in [0.15, 0.2) is 0 Å². The summed E-state index contributed by atoms with van der Waals surface area (Å²) in [7, 11) is 1.25. The van der Waals surface area contributed by atoms with Gasteiger partial charge in [-0.15, -0.1) is 0 Å². The molecule has 1 aliphatic carbocycles. The number of nitrogens with one attached hydrogen (secondary N) is 2. The second-order valence-corrected chi connectivity index (χ2v) is 5.60. The van der Waals surface area contributed by atoms with Crippen LogP contribution in [0.3, 0.4) is 0 Å². The highest BCUT2D eigenvalue weighted by atomic mass is 16.5. The Morgan fingerprint density at radius 2 is 1.91 bits per heavy atom. The van der Waals surface area contributed by atoms with Crippen molar-refractivity contribution in [2.24, 2.45) is 11.7 Å². The third-order valence-electron chi connectivity index (χ3n) is 3.88. The van der Waals surface area contributed by atoms with Crippen molar-refractivity contribution in [1.29, 1.82) is 0 Å². The highest BCUT2D eigenvalue weighted by Gasteiger charge is 2.27. The molecule has 7 heteroatoms. The summed E-state index contributed by atoms with van der Waals surface area (Å²) >= 11 is 0.